The van der Waals surface area contributed by atoms with Crippen molar-refractivity contribution in [3.63, 3.8) is 0 Å². The molecule has 1 saturated carbocycles. The normalized spacial score (nSPS) is 24.8. The Labute approximate surface area is 202 Å². The van der Waals surface area contributed by atoms with E-state index in [4.69, 9.17) is 10.5 Å². The lowest BCUT2D eigenvalue weighted by Gasteiger charge is -2.34. The maximum absolute atomic E-state index is 14.1. The summed E-state index contributed by atoms with van der Waals surface area (Å²) in [6.07, 6.45) is 2.88. The van der Waals surface area contributed by atoms with Crippen LogP contribution < -0.4 is 15.8 Å². The highest BCUT2D eigenvalue weighted by molar-refractivity contribution is 6.16. The Balaban J connectivity index is 1.56. The van der Waals surface area contributed by atoms with Gasteiger partial charge in [0.25, 0.3) is 11.7 Å². The zero-order valence-corrected chi connectivity index (χ0v) is 19.9. The predicted molar refractivity (Wildman–Crippen MR) is 132 cm³/mol. The molecule has 1 fully saturated rings. The minimum absolute atomic E-state index is 0.219. The minimum Gasteiger partial charge on any atom is -0.454 e. The maximum Gasteiger partial charge on any atom is 0.270 e. The number of para-hydroxylation sites is 1. The molecule has 1 aromatic heterocycles. The Hall–Kier alpha value is -3.84. The molecule has 0 bridgehead atoms. The molecule has 35 heavy (non-hydrogen) atoms. The van der Waals surface area contributed by atoms with Crippen molar-refractivity contribution in [3.8, 4) is 5.75 Å². The number of aliphatic hydroxyl groups is 1. The number of carbonyl (C=O) groups excluding carboxylic acids is 2. The number of nitrogens with two attached hydrogens (primary N) is 1. The van der Waals surface area contributed by atoms with Gasteiger partial charge >= 0.3 is 0 Å². The predicted octanol–water partition coefficient (Wildman–Crippen LogP) is 3.52. The van der Waals surface area contributed by atoms with Gasteiger partial charge in [0.05, 0.1) is 0 Å². The number of hydrogen-bond donors (Lipinski definition) is 3. The number of rotatable bonds is 3. The third-order valence-electron chi connectivity index (χ3n) is 7.61. The van der Waals surface area contributed by atoms with Gasteiger partial charge < -0.3 is 25.5 Å². The first-order chi connectivity index (χ1) is 16.7. The average Bonchev–Trinajstić information content (AvgIpc) is 3.37. The van der Waals surface area contributed by atoms with Crippen molar-refractivity contribution in [2.45, 2.75) is 43.9 Å². The fourth-order valence-electron chi connectivity index (χ4n) is 5.73. The molecule has 2 heterocycles. The fourth-order valence-corrected chi connectivity index (χ4v) is 5.73. The Morgan fingerprint density at radius 1 is 1.20 bits per heavy atom. The van der Waals surface area contributed by atoms with E-state index < -0.39 is 23.0 Å². The molecular formula is C28H27N3O4. The largest absolute Gasteiger partial charge is 0.454 e. The van der Waals surface area contributed by atoms with E-state index >= 15 is 0 Å². The van der Waals surface area contributed by atoms with Crippen LogP contribution in [0.25, 0.3) is 10.9 Å². The van der Waals surface area contributed by atoms with Crippen molar-refractivity contribution in [1.82, 2.24) is 9.88 Å². The highest BCUT2D eigenvalue weighted by atomic mass is 16.6. The topological polar surface area (TPSA) is 107 Å². The van der Waals surface area contributed by atoms with Crippen LogP contribution >= 0.6 is 0 Å². The van der Waals surface area contributed by atoms with Gasteiger partial charge in [0.15, 0.2) is 0 Å². The Morgan fingerprint density at radius 3 is 2.71 bits per heavy atom. The summed E-state index contributed by atoms with van der Waals surface area (Å²) < 4.78 is 7.96. The summed E-state index contributed by atoms with van der Waals surface area (Å²) in [5.41, 5.74) is 8.08. The van der Waals surface area contributed by atoms with Crippen molar-refractivity contribution in [2.24, 2.45) is 12.8 Å². The molecule has 7 nitrogen and oxygen atoms in total. The molecule has 7 heteroatoms. The Bertz CT molecular complexity index is 1510. The van der Waals surface area contributed by atoms with Crippen molar-refractivity contribution in [1.29, 1.82) is 0 Å². The summed E-state index contributed by atoms with van der Waals surface area (Å²) >= 11 is 0. The van der Waals surface area contributed by atoms with Crippen LogP contribution in [-0.2, 0) is 17.4 Å². The van der Waals surface area contributed by atoms with Gasteiger partial charge in [-0.2, -0.15) is 0 Å². The number of aromatic nitrogens is 1. The molecule has 2 unspecified atom stereocenters. The molecule has 4 N–H and O–H groups in total. The summed E-state index contributed by atoms with van der Waals surface area (Å²) in [6, 6.07) is 15.0. The number of fused-ring (bicyclic) bond motifs is 6. The third kappa shape index (κ3) is 2.64. The van der Waals surface area contributed by atoms with Crippen LogP contribution in [0.2, 0.25) is 0 Å². The van der Waals surface area contributed by atoms with E-state index in [0.29, 0.717) is 41.1 Å². The van der Waals surface area contributed by atoms with Crippen molar-refractivity contribution < 1.29 is 19.4 Å². The van der Waals surface area contributed by atoms with Gasteiger partial charge in [0, 0.05) is 40.4 Å². The van der Waals surface area contributed by atoms with E-state index in [0.717, 1.165) is 16.5 Å². The van der Waals surface area contributed by atoms with Crippen LogP contribution in [0.3, 0.4) is 0 Å². The number of benzene rings is 2. The van der Waals surface area contributed by atoms with Crippen LogP contribution in [-0.4, -0.2) is 27.2 Å². The lowest BCUT2D eigenvalue weighted by Crippen LogP contribution is -2.62. The number of nitrogens with zero attached hydrogens (tertiary/aromatic N) is 1. The summed E-state index contributed by atoms with van der Waals surface area (Å²) in [5, 5.41) is 15.9. The summed E-state index contributed by atoms with van der Waals surface area (Å²) in [4.78, 5) is 27.9. The summed E-state index contributed by atoms with van der Waals surface area (Å²) in [6.45, 7) is 4.11. The number of allylic oxidation sites excluding steroid dienone is 2. The minimum atomic E-state index is -2.09. The van der Waals surface area contributed by atoms with Gasteiger partial charge in [-0.1, -0.05) is 50.3 Å². The molecule has 2 atom stereocenters. The van der Waals surface area contributed by atoms with Gasteiger partial charge in [-0.25, -0.2) is 0 Å². The van der Waals surface area contributed by atoms with Gasteiger partial charge in [0.1, 0.15) is 11.4 Å². The van der Waals surface area contributed by atoms with Crippen LogP contribution in [0, 0.1) is 0 Å². The van der Waals surface area contributed by atoms with Crippen molar-refractivity contribution >= 4 is 22.6 Å². The molecule has 3 aliphatic rings. The fraction of sp³-hybridized carbons (Fsp3) is 0.286. The molecule has 3 aromatic rings. The van der Waals surface area contributed by atoms with Gasteiger partial charge in [0.2, 0.25) is 11.3 Å². The molecule has 1 amide bonds. The molecule has 0 radical (unpaired) electrons. The standard InChI is InChI=1S/C28H27N3O4/c1-15(2)16-11-12-18-23(14-16)35-28(34)19-8-6-9-20(29)24(19)25(32)27(18,28)30-26(33)22-13-17-7-4-5-10-21(17)31(22)3/h4-5,7-8,10-15,34H,6,9,29H2,1-3H3,(H,30,33). The maximum atomic E-state index is 14.1. The number of nitrogens with one attached hydrogen (secondary N) is 1. The lowest BCUT2D eigenvalue weighted by molar-refractivity contribution is -0.152. The van der Waals surface area contributed by atoms with E-state index in [9.17, 15) is 14.7 Å². The van der Waals surface area contributed by atoms with E-state index in [1.165, 1.54) is 0 Å². The zero-order chi connectivity index (χ0) is 24.7. The molecule has 2 aliphatic carbocycles. The number of carbonyl (C=O) groups is 2. The second-order valence-electron chi connectivity index (χ2n) is 9.89. The van der Waals surface area contributed by atoms with E-state index in [-0.39, 0.29) is 11.5 Å². The molecule has 1 aliphatic heterocycles. The highest BCUT2D eigenvalue weighted by Crippen LogP contribution is 2.59. The van der Waals surface area contributed by atoms with E-state index in [1.54, 1.807) is 29.8 Å². The molecule has 6 rings (SSSR count). The van der Waals surface area contributed by atoms with Crippen LogP contribution in [0.1, 0.15) is 54.2 Å². The first-order valence-electron chi connectivity index (χ1n) is 11.9. The average molecular weight is 470 g/mol. The zero-order valence-electron chi connectivity index (χ0n) is 19.9. The SMILES string of the molecule is CC(C)c1ccc2c(c1)OC1(O)C3=CCCC(N)=C3C(=O)C21NC(=O)c1cc2ccccc2n1C. The monoisotopic (exact) mass is 469 g/mol. The summed E-state index contributed by atoms with van der Waals surface area (Å²) in [5.74, 6) is -2.43. The smallest absolute Gasteiger partial charge is 0.270 e. The van der Waals surface area contributed by atoms with Gasteiger partial charge in [-0.05, 0) is 42.5 Å². The number of hydrogen-bond acceptors (Lipinski definition) is 5. The molecular weight excluding hydrogens is 442 g/mol. The third-order valence-corrected chi connectivity index (χ3v) is 7.61. The lowest BCUT2D eigenvalue weighted by atomic mass is 9.83. The number of ether oxygens (including phenoxy) is 1. The quantitative estimate of drug-likeness (QED) is 0.544. The molecule has 0 saturated heterocycles. The van der Waals surface area contributed by atoms with Crippen molar-refractivity contribution in [2.75, 3.05) is 0 Å². The second kappa shape index (κ2) is 7.09. The van der Waals surface area contributed by atoms with Gasteiger partial charge in [-0.3, -0.25) is 9.59 Å². The second-order valence-corrected chi connectivity index (χ2v) is 9.89. The number of amides is 1. The number of Topliss-reactive ketones (excluding diaryl/α,β-unsaturated/α-hetero) is 1. The number of ketones is 1. The first kappa shape index (κ1) is 21.7. The van der Waals surface area contributed by atoms with Crippen LogP contribution in [0.5, 0.6) is 5.75 Å². The number of aryl methyl sites for hydroxylation is 1. The molecule has 0 spiro atoms. The first-order valence-corrected chi connectivity index (χ1v) is 11.9. The van der Waals surface area contributed by atoms with E-state index in [2.05, 4.69) is 19.2 Å². The van der Waals surface area contributed by atoms with Gasteiger partial charge in [-0.15, -0.1) is 0 Å². The van der Waals surface area contributed by atoms with Crippen LogP contribution in [0.15, 0.2) is 71.5 Å². The molecule has 178 valence electrons. The Kier molecular flexibility index (Phi) is 4.39. The molecule has 2 aromatic carbocycles. The highest BCUT2D eigenvalue weighted by Gasteiger charge is 2.74. The van der Waals surface area contributed by atoms with Crippen LogP contribution in [0.4, 0.5) is 0 Å². The van der Waals surface area contributed by atoms with E-state index in [1.807, 2.05) is 36.4 Å². The van der Waals surface area contributed by atoms with Crippen molar-refractivity contribution in [3.05, 3.63) is 88.3 Å². The Morgan fingerprint density at radius 2 is 1.97 bits per heavy atom. The summed E-state index contributed by atoms with van der Waals surface area (Å²) in [7, 11) is 1.80.